The summed E-state index contributed by atoms with van der Waals surface area (Å²) in [6, 6.07) is 12.4. The highest BCUT2D eigenvalue weighted by Gasteiger charge is 2.09. The molecule has 0 aliphatic heterocycles. The summed E-state index contributed by atoms with van der Waals surface area (Å²) < 4.78 is 11.2. The van der Waals surface area contributed by atoms with Crippen LogP contribution >= 0.6 is 11.6 Å². The third kappa shape index (κ3) is 6.62. The number of nitrogens with one attached hydrogen (secondary N) is 2. The van der Waals surface area contributed by atoms with E-state index in [1.165, 1.54) is 0 Å². The Bertz CT molecular complexity index is 766. The number of urea groups is 1. The summed E-state index contributed by atoms with van der Waals surface area (Å²) in [5, 5.41) is 6.22. The van der Waals surface area contributed by atoms with E-state index in [9.17, 15) is 4.79 Å². The smallest absolute Gasteiger partial charge is 0.319 e. The van der Waals surface area contributed by atoms with Crippen molar-refractivity contribution in [2.45, 2.75) is 20.4 Å². The number of halogens is 1. The molecule has 2 rings (SSSR count). The molecule has 0 heterocycles. The molecular formula is C21H28ClN3O3. The molecule has 2 aromatic rings. The number of carbonyl (C=O) groups excluding carboxylic acids is 1. The Morgan fingerprint density at radius 3 is 2.54 bits per heavy atom. The Kier molecular flexibility index (Phi) is 8.91. The molecule has 2 N–H and O–H groups in total. The van der Waals surface area contributed by atoms with Gasteiger partial charge in [-0.15, -0.1) is 0 Å². The first-order valence-electron chi connectivity index (χ1n) is 9.38. The van der Waals surface area contributed by atoms with Crippen molar-refractivity contribution in [2.24, 2.45) is 0 Å². The molecule has 0 fully saturated rings. The van der Waals surface area contributed by atoms with Crippen LogP contribution in [0.2, 0.25) is 5.02 Å². The predicted molar refractivity (Wildman–Crippen MR) is 114 cm³/mol. The summed E-state index contributed by atoms with van der Waals surface area (Å²) in [6.45, 7) is 7.90. The van der Waals surface area contributed by atoms with E-state index in [0.29, 0.717) is 35.4 Å². The second-order valence-corrected chi connectivity index (χ2v) is 6.55. The average molecular weight is 406 g/mol. The predicted octanol–water partition coefficient (Wildman–Crippen LogP) is 4.39. The number of hydrogen-bond donors (Lipinski definition) is 2. The maximum Gasteiger partial charge on any atom is 0.319 e. The van der Waals surface area contributed by atoms with Crippen molar-refractivity contribution in [1.29, 1.82) is 0 Å². The van der Waals surface area contributed by atoms with Crippen LogP contribution in [0.5, 0.6) is 11.5 Å². The largest absolute Gasteiger partial charge is 0.493 e. The highest BCUT2D eigenvalue weighted by Crippen LogP contribution is 2.30. The van der Waals surface area contributed by atoms with Gasteiger partial charge in [0.2, 0.25) is 0 Å². The molecule has 0 saturated carbocycles. The number of rotatable bonds is 10. The first-order valence-corrected chi connectivity index (χ1v) is 9.76. The van der Waals surface area contributed by atoms with Crippen molar-refractivity contribution in [2.75, 3.05) is 38.7 Å². The zero-order valence-electron chi connectivity index (χ0n) is 16.6. The molecule has 0 radical (unpaired) electrons. The SMILES string of the molecule is CCN(CC)CCOc1cc(NC(=O)NCc2ccccc2Cl)ccc1OC. The Balaban J connectivity index is 1.93. The molecule has 0 unspecified atom stereocenters. The van der Waals surface area contributed by atoms with Gasteiger partial charge in [0.15, 0.2) is 11.5 Å². The van der Waals surface area contributed by atoms with Gasteiger partial charge in [-0.05, 0) is 36.9 Å². The second kappa shape index (κ2) is 11.4. The minimum atomic E-state index is -0.320. The summed E-state index contributed by atoms with van der Waals surface area (Å²) >= 11 is 6.11. The van der Waals surface area contributed by atoms with E-state index >= 15 is 0 Å². The fourth-order valence-electron chi connectivity index (χ4n) is 2.68. The summed E-state index contributed by atoms with van der Waals surface area (Å²) in [6.07, 6.45) is 0. The molecule has 0 aromatic heterocycles. The Morgan fingerprint density at radius 2 is 1.86 bits per heavy atom. The van der Waals surface area contributed by atoms with Gasteiger partial charge in [0.25, 0.3) is 0 Å². The van der Waals surface area contributed by atoms with Crippen LogP contribution in [0.4, 0.5) is 10.5 Å². The summed E-state index contributed by atoms with van der Waals surface area (Å²) in [7, 11) is 1.59. The van der Waals surface area contributed by atoms with Gasteiger partial charge < -0.3 is 25.0 Å². The highest BCUT2D eigenvalue weighted by atomic mass is 35.5. The van der Waals surface area contributed by atoms with Gasteiger partial charge in [-0.25, -0.2) is 4.79 Å². The molecule has 0 aliphatic rings. The summed E-state index contributed by atoms with van der Waals surface area (Å²) in [5.74, 6) is 1.22. The van der Waals surface area contributed by atoms with Gasteiger partial charge in [-0.2, -0.15) is 0 Å². The van der Waals surface area contributed by atoms with E-state index < -0.39 is 0 Å². The molecule has 7 heteroatoms. The highest BCUT2D eigenvalue weighted by molar-refractivity contribution is 6.31. The number of nitrogens with zero attached hydrogens (tertiary/aromatic N) is 1. The van der Waals surface area contributed by atoms with Gasteiger partial charge in [0.1, 0.15) is 6.61 Å². The zero-order valence-corrected chi connectivity index (χ0v) is 17.4. The van der Waals surface area contributed by atoms with E-state index in [-0.39, 0.29) is 6.03 Å². The van der Waals surface area contributed by atoms with Crippen LogP contribution in [-0.4, -0.2) is 44.3 Å². The maximum absolute atomic E-state index is 12.2. The number of anilines is 1. The number of benzene rings is 2. The van der Waals surface area contributed by atoms with Crippen LogP contribution in [0.3, 0.4) is 0 Å². The Labute approximate surface area is 171 Å². The minimum absolute atomic E-state index is 0.320. The van der Waals surface area contributed by atoms with E-state index in [1.54, 1.807) is 31.4 Å². The zero-order chi connectivity index (χ0) is 20.4. The molecule has 152 valence electrons. The van der Waals surface area contributed by atoms with Gasteiger partial charge in [0, 0.05) is 29.9 Å². The van der Waals surface area contributed by atoms with E-state index in [1.807, 2.05) is 18.2 Å². The molecular weight excluding hydrogens is 378 g/mol. The van der Waals surface area contributed by atoms with Crippen molar-refractivity contribution < 1.29 is 14.3 Å². The lowest BCUT2D eigenvalue weighted by atomic mass is 10.2. The molecule has 0 bridgehead atoms. The van der Waals surface area contributed by atoms with Gasteiger partial charge in [-0.1, -0.05) is 43.6 Å². The molecule has 2 amide bonds. The van der Waals surface area contributed by atoms with Gasteiger partial charge in [0.05, 0.1) is 7.11 Å². The van der Waals surface area contributed by atoms with Crippen LogP contribution in [0.1, 0.15) is 19.4 Å². The standard InChI is InChI=1S/C21H28ClN3O3/c1-4-25(5-2)12-13-28-20-14-17(10-11-19(20)27-3)24-21(26)23-15-16-8-6-7-9-18(16)22/h6-11,14H,4-5,12-13,15H2,1-3H3,(H2,23,24,26). The molecule has 0 atom stereocenters. The van der Waals surface area contributed by atoms with Crippen LogP contribution in [0.25, 0.3) is 0 Å². The lowest BCUT2D eigenvalue weighted by Gasteiger charge is -2.19. The quantitative estimate of drug-likeness (QED) is 0.615. The van der Waals surface area contributed by atoms with Crippen LogP contribution < -0.4 is 20.1 Å². The van der Waals surface area contributed by atoms with Crippen molar-refractivity contribution in [3.05, 3.63) is 53.1 Å². The van der Waals surface area contributed by atoms with Crippen molar-refractivity contribution >= 4 is 23.3 Å². The molecule has 0 spiro atoms. The number of hydrogen-bond acceptors (Lipinski definition) is 4. The molecule has 6 nitrogen and oxygen atoms in total. The lowest BCUT2D eigenvalue weighted by Crippen LogP contribution is -2.28. The van der Waals surface area contributed by atoms with Gasteiger partial charge >= 0.3 is 6.03 Å². The Morgan fingerprint density at radius 1 is 1.11 bits per heavy atom. The molecule has 28 heavy (non-hydrogen) atoms. The average Bonchev–Trinajstić information content (AvgIpc) is 2.71. The van der Waals surface area contributed by atoms with Crippen molar-refractivity contribution in [3.63, 3.8) is 0 Å². The number of likely N-dealkylation sites (N-methyl/N-ethyl adjacent to an activating group) is 1. The van der Waals surface area contributed by atoms with Crippen LogP contribution in [0.15, 0.2) is 42.5 Å². The van der Waals surface area contributed by atoms with Crippen LogP contribution in [0, 0.1) is 0 Å². The third-order valence-corrected chi connectivity index (χ3v) is 4.75. The fraction of sp³-hybridized carbons (Fsp3) is 0.381. The fourth-order valence-corrected chi connectivity index (χ4v) is 2.89. The maximum atomic E-state index is 12.2. The van der Waals surface area contributed by atoms with E-state index in [4.69, 9.17) is 21.1 Å². The summed E-state index contributed by atoms with van der Waals surface area (Å²) in [4.78, 5) is 14.5. The number of amides is 2. The minimum Gasteiger partial charge on any atom is -0.493 e. The summed E-state index contributed by atoms with van der Waals surface area (Å²) in [5.41, 5.74) is 1.48. The van der Waals surface area contributed by atoms with Crippen LogP contribution in [-0.2, 0) is 6.54 Å². The first-order chi connectivity index (χ1) is 13.6. The van der Waals surface area contributed by atoms with E-state index in [2.05, 4.69) is 29.4 Å². The monoisotopic (exact) mass is 405 g/mol. The normalized spacial score (nSPS) is 10.6. The first kappa shape index (κ1) is 21.9. The lowest BCUT2D eigenvalue weighted by molar-refractivity contribution is 0.217. The van der Waals surface area contributed by atoms with Gasteiger partial charge in [-0.3, -0.25) is 0 Å². The number of methoxy groups -OCH3 is 1. The van der Waals surface area contributed by atoms with Crippen molar-refractivity contribution in [3.8, 4) is 11.5 Å². The number of carbonyl (C=O) groups is 1. The topological polar surface area (TPSA) is 62.8 Å². The van der Waals surface area contributed by atoms with Crippen molar-refractivity contribution in [1.82, 2.24) is 10.2 Å². The Hall–Kier alpha value is -2.44. The molecule has 0 aliphatic carbocycles. The third-order valence-electron chi connectivity index (χ3n) is 4.38. The number of ether oxygens (including phenoxy) is 2. The molecule has 0 saturated heterocycles. The molecule has 2 aromatic carbocycles. The van der Waals surface area contributed by atoms with E-state index in [0.717, 1.165) is 25.2 Å². The second-order valence-electron chi connectivity index (χ2n) is 6.14.